The van der Waals surface area contributed by atoms with Crippen LogP contribution in [0.25, 0.3) is 0 Å². The lowest BCUT2D eigenvalue weighted by atomic mass is 10.4. The van der Waals surface area contributed by atoms with E-state index in [9.17, 15) is 9.59 Å². The van der Waals surface area contributed by atoms with Crippen LogP contribution < -0.4 is 0 Å². The quantitative estimate of drug-likeness (QED) is 0.373. The maximum absolute atomic E-state index is 10.9. The fourth-order valence-corrected chi connectivity index (χ4v) is 0.809. The summed E-state index contributed by atoms with van der Waals surface area (Å²) in [6.07, 6.45) is 1.70. The van der Waals surface area contributed by atoms with Crippen LogP contribution in [0.1, 0.15) is 39.5 Å². The van der Waals surface area contributed by atoms with Crippen LogP contribution >= 0.6 is 0 Å². The third-order valence-corrected chi connectivity index (χ3v) is 1.79. The number of hydrogen-bond acceptors (Lipinski definition) is 6. The predicted molar refractivity (Wildman–Crippen MR) is 59.5 cm³/mol. The van der Waals surface area contributed by atoms with E-state index < -0.39 is 19.1 Å². The van der Waals surface area contributed by atoms with Gasteiger partial charge in [0.2, 0.25) is 6.79 Å². The van der Waals surface area contributed by atoms with Gasteiger partial charge in [0.15, 0.2) is 0 Å². The van der Waals surface area contributed by atoms with E-state index in [1.807, 2.05) is 13.8 Å². The van der Waals surface area contributed by atoms with Crippen molar-refractivity contribution < 1.29 is 28.5 Å². The number of carbonyl (C=O) groups excluding carboxylic acids is 2. The minimum atomic E-state index is -0.847. The molecule has 0 atom stereocenters. The molecule has 0 unspecified atom stereocenters. The molecule has 0 radical (unpaired) electrons. The smallest absolute Gasteiger partial charge is 0.434 e. The zero-order valence-corrected chi connectivity index (χ0v) is 10.4. The van der Waals surface area contributed by atoms with Crippen LogP contribution in [0.3, 0.4) is 0 Å². The fourth-order valence-electron chi connectivity index (χ4n) is 0.809. The third-order valence-electron chi connectivity index (χ3n) is 1.79. The largest absolute Gasteiger partial charge is 0.511 e. The van der Waals surface area contributed by atoms with Crippen molar-refractivity contribution in [1.29, 1.82) is 0 Å². The summed E-state index contributed by atoms with van der Waals surface area (Å²) in [7, 11) is 0. The van der Waals surface area contributed by atoms with E-state index >= 15 is 0 Å². The van der Waals surface area contributed by atoms with Gasteiger partial charge in [0, 0.05) is 0 Å². The molecule has 0 rings (SSSR count). The summed E-state index contributed by atoms with van der Waals surface area (Å²) in [6.45, 7) is 4.07. The number of carbonyl (C=O) groups is 2. The van der Waals surface area contributed by atoms with Crippen LogP contribution in [0.5, 0.6) is 0 Å². The average Bonchev–Trinajstić information content (AvgIpc) is 2.30. The molecule has 17 heavy (non-hydrogen) atoms. The molecule has 0 aromatic carbocycles. The predicted octanol–water partition coefficient (Wildman–Crippen LogP) is 2.85. The lowest BCUT2D eigenvalue weighted by Crippen LogP contribution is -2.15. The van der Waals surface area contributed by atoms with E-state index in [1.165, 1.54) is 0 Å². The van der Waals surface area contributed by atoms with Crippen molar-refractivity contribution in [3.05, 3.63) is 0 Å². The van der Waals surface area contributed by atoms with Gasteiger partial charge in [-0.3, -0.25) is 0 Å². The number of rotatable bonds is 8. The summed E-state index contributed by atoms with van der Waals surface area (Å²) >= 11 is 0. The molecule has 0 aliphatic heterocycles. The van der Waals surface area contributed by atoms with Crippen molar-refractivity contribution in [2.24, 2.45) is 0 Å². The first-order valence-corrected chi connectivity index (χ1v) is 5.79. The lowest BCUT2D eigenvalue weighted by Gasteiger charge is -2.07. The summed E-state index contributed by atoms with van der Waals surface area (Å²) in [5, 5.41) is 0. The highest BCUT2D eigenvalue weighted by Gasteiger charge is 2.07. The molecule has 0 N–H and O–H groups in total. The van der Waals surface area contributed by atoms with E-state index in [4.69, 9.17) is 0 Å². The Bertz CT molecular complexity index is 194. The van der Waals surface area contributed by atoms with Gasteiger partial charge >= 0.3 is 12.3 Å². The highest BCUT2D eigenvalue weighted by atomic mass is 16.8. The maximum atomic E-state index is 10.9. The molecule has 0 amide bonds. The Labute approximate surface area is 101 Å². The molecule has 0 aliphatic carbocycles. The first-order valence-electron chi connectivity index (χ1n) is 5.79. The summed E-state index contributed by atoms with van der Waals surface area (Å²) < 4.78 is 18.3. The molecule has 0 spiro atoms. The second-order valence-electron chi connectivity index (χ2n) is 3.31. The van der Waals surface area contributed by atoms with Crippen molar-refractivity contribution in [2.75, 3.05) is 20.0 Å². The van der Waals surface area contributed by atoms with Crippen LogP contribution in [-0.4, -0.2) is 32.3 Å². The Hall–Kier alpha value is -1.46. The molecule has 0 bridgehead atoms. The zero-order valence-electron chi connectivity index (χ0n) is 10.4. The minimum Gasteiger partial charge on any atom is -0.434 e. The van der Waals surface area contributed by atoms with Crippen LogP contribution in [0, 0.1) is 0 Å². The second-order valence-corrected chi connectivity index (χ2v) is 3.31. The molecular formula is C11H20O6. The summed E-state index contributed by atoms with van der Waals surface area (Å²) in [6, 6.07) is 0. The monoisotopic (exact) mass is 248 g/mol. The summed E-state index contributed by atoms with van der Waals surface area (Å²) in [5.74, 6) is 0. The van der Waals surface area contributed by atoms with Crippen LogP contribution in [0.2, 0.25) is 0 Å². The van der Waals surface area contributed by atoms with Gasteiger partial charge in [0.05, 0.1) is 13.2 Å². The van der Waals surface area contributed by atoms with Gasteiger partial charge in [-0.15, -0.1) is 0 Å². The summed E-state index contributed by atoms with van der Waals surface area (Å²) in [5.41, 5.74) is 0. The zero-order chi connectivity index (χ0) is 12.9. The number of hydrogen-bond donors (Lipinski definition) is 0. The number of unbranched alkanes of at least 4 members (excludes halogenated alkanes) is 2. The van der Waals surface area contributed by atoms with E-state index in [0.29, 0.717) is 13.2 Å². The summed E-state index contributed by atoms with van der Waals surface area (Å²) in [4.78, 5) is 21.8. The van der Waals surface area contributed by atoms with Crippen molar-refractivity contribution >= 4 is 12.3 Å². The Kier molecular flexibility index (Phi) is 10.1. The molecule has 6 heteroatoms. The fraction of sp³-hybridized carbons (Fsp3) is 0.818. The van der Waals surface area contributed by atoms with Gasteiger partial charge in [-0.1, -0.05) is 26.7 Å². The van der Waals surface area contributed by atoms with Gasteiger partial charge in [0.25, 0.3) is 0 Å². The first kappa shape index (κ1) is 15.5. The standard InChI is InChI=1S/C11H20O6/c1-3-5-7-14-10(12)16-9-17-11(13)15-8-6-4-2/h3-9H2,1-2H3. The van der Waals surface area contributed by atoms with Gasteiger partial charge in [-0.05, 0) is 12.8 Å². The molecule has 100 valence electrons. The highest BCUT2D eigenvalue weighted by molar-refractivity contribution is 5.61. The van der Waals surface area contributed by atoms with Gasteiger partial charge in [0.1, 0.15) is 0 Å². The molecule has 0 aliphatic rings. The van der Waals surface area contributed by atoms with Crippen molar-refractivity contribution in [1.82, 2.24) is 0 Å². The number of ether oxygens (including phenoxy) is 4. The van der Waals surface area contributed by atoms with E-state index in [2.05, 4.69) is 18.9 Å². The first-order chi connectivity index (χ1) is 8.20. The van der Waals surface area contributed by atoms with Gasteiger partial charge in [-0.25, -0.2) is 9.59 Å². The van der Waals surface area contributed by atoms with E-state index in [0.717, 1.165) is 25.7 Å². The molecule has 0 aromatic rings. The van der Waals surface area contributed by atoms with Crippen LogP contribution in [0.15, 0.2) is 0 Å². The van der Waals surface area contributed by atoms with Crippen molar-refractivity contribution in [2.45, 2.75) is 39.5 Å². The molecule has 6 nitrogen and oxygen atoms in total. The second kappa shape index (κ2) is 11.0. The Morgan fingerprint density at radius 2 is 1.18 bits per heavy atom. The Balaban J connectivity index is 3.36. The molecule has 0 aromatic heterocycles. The average molecular weight is 248 g/mol. The lowest BCUT2D eigenvalue weighted by molar-refractivity contribution is -0.0385. The maximum Gasteiger partial charge on any atom is 0.511 e. The molecule has 0 fully saturated rings. The molecular weight excluding hydrogens is 228 g/mol. The molecule has 0 heterocycles. The minimum absolute atomic E-state index is 0.302. The molecule has 0 saturated heterocycles. The topological polar surface area (TPSA) is 71.1 Å². The van der Waals surface area contributed by atoms with E-state index in [1.54, 1.807) is 0 Å². The van der Waals surface area contributed by atoms with E-state index in [-0.39, 0.29) is 0 Å². The van der Waals surface area contributed by atoms with Gasteiger partial charge < -0.3 is 18.9 Å². The SMILES string of the molecule is CCCCOC(=O)OCOC(=O)OCCCC. The Morgan fingerprint density at radius 1 is 0.765 bits per heavy atom. The normalized spacial score (nSPS) is 9.53. The van der Waals surface area contributed by atoms with Crippen LogP contribution in [0.4, 0.5) is 9.59 Å². The molecule has 0 saturated carbocycles. The third kappa shape index (κ3) is 10.8. The van der Waals surface area contributed by atoms with Crippen molar-refractivity contribution in [3.8, 4) is 0 Å². The van der Waals surface area contributed by atoms with Gasteiger partial charge in [-0.2, -0.15) is 0 Å². The Morgan fingerprint density at radius 3 is 1.53 bits per heavy atom. The van der Waals surface area contributed by atoms with Crippen LogP contribution in [-0.2, 0) is 18.9 Å². The van der Waals surface area contributed by atoms with Crippen molar-refractivity contribution in [3.63, 3.8) is 0 Å². The highest BCUT2D eigenvalue weighted by Crippen LogP contribution is 1.94.